The van der Waals surface area contributed by atoms with Crippen LogP contribution in [0.2, 0.25) is 0 Å². The Kier molecular flexibility index (Phi) is 6.27. The molecule has 9 nitrogen and oxygen atoms in total. The number of nitrogens with one attached hydrogen (secondary N) is 1. The van der Waals surface area contributed by atoms with Crippen LogP contribution in [0.4, 0.5) is 11.4 Å². The Bertz CT molecular complexity index is 1160. The van der Waals surface area contributed by atoms with E-state index in [4.69, 9.17) is 15.9 Å². The van der Waals surface area contributed by atoms with E-state index in [9.17, 15) is 9.90 Å². The highest BCUT2D eigenvalue weighted by atomic mass is 16.5. The average Bonchev–Trinajstić information content (AvgIpc) is 3.19. The van der Waals surface area contributed by atoms with E-state index >= 15 is 0 Å². The predicted octanol–water partition coefficient (Wildman–Crippen LogP) is 1.09. The monoisotopic (exact) mass is 437 g/mol. The molecule has 0 unspecified atom stereocenters. The number of phenols is 1. The van der Waals surface area contributed by atoms with E-state index in [1.807, 2.05) is 24.3 Å². The average molecular weight is 438 g/mol. The van der Waals surface area contributed by atoms with Crippen LogP contribution in [0.5, 0.6) is 5.75 Å². The van der Waals surface area contributed by atoms with E-state index in [0.29, 0.717) is 47.8 Å². The maximum atomic E-state index is 12.6. The largest absolute Gasteiger partial charge is 0.507 e. The number of nitrogen functional groups attached to an aromatic ring is 1. The molecule has 0 spiro atoms. The van der Waals surface area contributed by atoms with Gasteiger partial charge in [-0.15, -0.1) is 0 Å². The lowest BCUT2D eigenvalue weighted by atomic mass is 9.99. The van der Waals surface area contributed by atoms with Crippen LogP contribution in [0, 0.1) is 0 Å². The molecule has 168 valence electrons. The van der Waals surface area contributed by atoms with E-state index in [1.165, 1.54) is 10.6 Å². The maximum absolute atomic E-state index is 12.6. The summed E-state index contributed by atoms with van der Waals surface area (Å²) < 4.78 is 6.84. The lowest BCUT2D eigenvalue weighted by Gasteiger charge is -2.28. The number of anilines is 2. The minimum Gasteiger partial charge on any atom is -0.507 e. The van der Waals surface area contributed by atoms with Gasteiger partial charge in [0.05, 0.1) is 30.0 Å². The second-order valence-electron chi connectivity index (χ2n) is 7.89. The Morgan fingerprint density at radius 1 is 1.22 bits per heavy atom. The van der Waals surface area contributed by atoms with E-state index in [-0.39, 0.29) is 11.6 Å². The molecule has 1 aliphatic rings. The van der Waals surface area contributed by atoms with Gasteiger partial charge in [0.15, 0.2) is 11.5 Å². The molecule has 32 heavy (non-hydrogen) atoms. The van der Waals surface area contributed by atoms with E-state index in [2.05, 4.69) is 22.0 Å². The topological polar surface area (TPSA) is 135 Å². The number of morpholine rings is 1. The molecule has 0 amide bonds. The van der Waals surface area contributed by atoms with Crippen LogP contribution >= 0.6 is 0 Å². The van der Waals surface area contributed by atoms with Crippen LogP contribution < -0.4 is 21.7 Å². The van der Waals surface area contributed by atoms with Crippen LogP contribution in [0.25, 0.3) is 17.1 Å². The van der Waals surface area contributed by atoms with Gasteiger partial charge in [-0.25, -0.2) is 14.5 Å². The fourth-order valence-corrected chi connectivity index (χ4v) is 3.91. The first kappa shape index (κ1) is 21.6. The molecule has 9 heteroatoms. The number of nitrogens with two attached hydrogens (primary N) is 2. The summed E-state index contributed by atoms with van der Waals surface area (Å²) in [6.07, 6.45) is 2.64. The fraction of sp³-hybridized carbons (Fsp3) is 0.348. The SMILES string of the molecule is CCCCC(=[NH2+])c1cc(-c2n[nH]c(=O)n2-c2ccc(N3CCOCC3)cc2)c(O)cc1N. The van der Waals surface area contributed by atoms with Crippen molar-refractivity contribution >= 4 is 17.1 Å². The van der Waals surface area contributed by atoms with Crippen molar-refractivity contribution in [2.75, 3.05) is 36.9 Å². The number of nitrogens with zero attached hydrogens (tertiary/aromatic N) is 3. The van der Waals surface area contributed by atoms with Crippen molar-refractivity contribution in [3.63, 3.8) is 0 Å². The highest BCUT2D eigenvalue weighted by Crippen LogP contribution is 2.33. The zero-order valence-electron chi connectivity index (χ0n) is 18.2. The molecule has 1 aromatic heterocycles. The Hall–Kier alpha value is -3.59. The van der Waals surface area contributed by atoms with Crippen molar-refractivity contribution in [2.45, 2.75) is 26.2 Å². The first-order valence-corrected chi connectivity index (χ1v) is 10.8. The van der Waals surface area contributed by atoms with Gasteiger partial charge in [-0.2, -0.15) is 5.10 Å². The van der Waals surface area contributed by atoms with Crippen LogP contribution in [0.15, 0.2) is 41.2 Å². The lowest BCUT2D eigenvalue weighted by Crippen LogP contribution is -2.40. The second-order valence-corrected chi connectivity index (χ2v) is 7.89. The third kappa shape index (κ3) is 4.24. The summed E-state index contributed by atoms with van der Waals surface area (Å²) in [5.41, 5.74) is 9.47. The van der Waals surface area contributed by atoms with Gasteiger partial charge in [-0.05, 0) is 36.8 Å². The maximum Gasteiger partial charge on any atom is 0.348 e. The highest BCUT2D eigenvalue weighted by molar-refractivity contribution is 6.02. The summed E-state index contributed by atoms with van der Waals surface area (Å²) in [5.74, 6) is 0.218. The number of rotatable bonds is 7. The number of hydrogen-bond donors (Lipinski definition) is 4. The summed E-state index contributed by atoms with van der Waals surface area (Å²) in [5, 5.41) is 23.5. The summed E-state index contributed by atoms with van der Waals surface area (Å²) in [4.78, 5) is 14.9. The summed E-state index contributed by atoms with van der Waals surface area (Å²) in [6, 6.07) is 10.8. The molecule has 0 aliphatic carbocycles. The molecule has 3 aromatic rings. The molecule has 2 aromatic carbocycles. The van der Waals surface area contributed by atoms with Gasteiger partial charge in [0.25, 0.3) is 0 Å². The molecule has 0 radical (unpaired) electrons. The molecular formula is C23H29N6O3+. The number of ether oxygens (including phenoxy) is 1. The fourth-order valence-electron chi connectivity index (χ4n) is 3.91. The smallest absolute Gasteiger partial charge is 0.348 e. The van der Waals surface area contributed by atoms with Crippen LogP contribution in [-0.4, -0.2) is 51.9 Å². The Labute approximate surface area is 186 Å². The molecule has 0 atom stereocenters. The van der Waals surface area contributed by atoms with Gasteiger partial charge in [-0.1, -0.05) is 13.3 Å². The Morgan fingerprint density at radius 3 is 2.59 bits per heavy atom. The van der Waals surface area contributed by atoms with Gasteiger partial charge in [0, 0.05) is 37.0 Å². The van der Waals surface area contributed by atoms with Crippen molar-refractivity contribution in [3.05, 3.63) is 52.4 Å². The zero-order chi connectivity index (χ0) is 22.7. The van der Waals surface area contributed by atoms with Gasteiger partial charge < -0.3 is 20.5 Å². The van der Waals surface area contributed by atoms with E-state index in [0.717, 1.165) is 31.6 Å². The molecule has 0 bridgehead atoms. The Balaban J connectivity index is 1.71. The van der Waals surface area contributed by atoms with Crippen molar-refractivity contribution in [1.82, 2.24) is 14.8 Å². The number of aromatic amines is 1. The molecule has 6 N–H and O–H groups in total. The first-order valence-electron chi connectivity index (χ1n) is 10.8. The lowest BCUT2D eigenvalue weighted by molar-refractivity contribution is -0.115. The van der Waals surface area contributed by atoms with E-state index in [1.54, 1.807) is 6.07 Å². The van der Waals surface area contributed by atoms with Crippen molar-refractivity contribution < 1.29 is 15.3 Å². The molecule has 1 aliphatic heterocycles. The van der Waals surface area contributed by atoms with Crippen molar-refractivity contribution in [3.8, 4) is 22.8 Å². The van der Waals surface area contributed by atoms with Gasteiger partial charge in [0.2, 0.25) is 0 Å². The number of aromatic nitrogens is 3. The number of H-pyrrole nitrogens is 1. The van der Waals surface area contributed by atoms with Crippen LogP contribution in [-0.2, 0) is 4.74 Å². The third-order valence-electron chi connectivity index (χ3n) is 5.71. The molecule has 1 fully saturated rings. The molecule has 0 saturated carbocycles. The standard InChI is InChI=1S/C23H28N6O3/c1-2-3-4-19(24)17-13-18(21(30)14-20(17)25)22-26-27-23(31)29(22)16-7-5-15(6-8-16)28-9-11-32-12-10-28/h5-8,13-14,24,30H,2-4,9-12,25H2,1H3,(H,27,31)/p+1. The van der Waals surface area contributed by atoms with E-state index < -0.39 is 5.69 Å². The van der Waals surface area contributed by atoms with Crippen molar-refractivity contribution in [1.29, 1.82) is 0 Å². The summed E-state index contributed by atoms with van der Waals surface area (Å²) in [7, 11) is 0. The number of phenolic OH excluding ortho intramolecular Hbond substituents is 1. The molecule has 4 rings (SSSR count). The molecular weight excluding hydrogens is 408 g/mol. The van der Waals surface area contributed by atoms with Crippen LogP contribution in [0.1, 0.15) is 31.7 Å². The highest BCUT2D eigenvalue weighted by Gasteiger charge is 2.21. The van der Waals surface area contributed by atoms with Gasteiger partial charge in [-0.3, -0.25) is 5.41 Å². The van der Waals surface area contributed by atoms with Crippen LogP contribution in [0.3, 0.4) is 0 Å². The Morgan fingerprint density at radius 2 is 1.91 bits per heavy atom. The first-order chi connectivity index (χ1) is 15.5. The quantitative estimate of drug-likeness (QED) is 0.323. The molecule has 1 saturated heterocycles. The van der Waals surface area contributed by atoms with Gasteiger partial charge in [0.1, 0.15) is 5.75 Å². The van der Waals surface area contributed by atoms with Crippen molar-refractivity contribution in [2.24, 2.45) is 0 Å². The minimum atomic E-state index is -0.403. The number of benzene rings is 2. The third-order valence-corrected chi connectivity index (χ3v) is 5.71. The second kappa shape index (κ2) is 9.27. The summed E-state index contributed by atoms with van der Waals surface area (Å²) in [6.45, 7) is 5.14. The van der Waals surface area contributed by atoms with Gasteiger partial charge >= 0.3 is 5.69 Å². The number of hydrogen-bond acceptors (Lipinski definition) is 6. The number of aromatic hydroxyl groups is 1. The predicted molar refractivity (Wildman–Crippen MR) is 124 cm³/mol. The normalized spacial score (nSPS) is 14.0. The zero-order valence-corrected chi connectivity index (χ0v) is 18.2. The summed E-state index contributed by atoms with van der Waals surface area (Å²) >= 11 is 0. The number of unbranched alkanes of at least 4 members (excludes halogenated alkanes) is 1. The molecule has 2 heterocycles. The minimum absolute atomic E-state index is 0.0697.